The Kier molecular flexibility index (Phi) is 6.10. The Morgan fingerprint density at radius 3 is 2.25 bits per heavy atom. The van der Waals surface area contributed by atoms with Gasteiger partial charge in [-0.3, -0.25) is 19.7 Å². The number of anilines is 3. The van der Waals surface area contributed by atoms with E-state index in [9.17, 15) is 19.7 Å². The smallest absolute Gasteiger partial charge is 0.314 e. The van der Waals surface area contributed by atoms with E-state index in [1.165, 1.54) is 31.4 Å². The Morgan fingerprint density at radius 2 is 1.61 bits per heavy atom. The first-order chi connectivity index (χ1) is 13.4. The van der Waals surface area contributed by atoms with Crippen molar-refractivity contribution in [2.75, 3.05) is 28.6 Å². The van der Waals surface area contributed by atoms with Gasteiger partial charge >= 0.3 is 11.8 Å². The van der Waals surface area contributed by atoms with E-state index in [-0.39, 0.29) is 16.4 Å². The van der Waals surface area contributed by atoms with Crippen LogP contribution in [0.25, 0.3) is 0 Å². The molecule has 2 aromatic carbocycles. The minimum Gasteiger partial charge on any atom is -0.372 e. The van der Waals surface area contributed by atoms with E-state index in [1.54, 1.807) is 12.1 Å². The molecule has 1 aliphatic heterocycles. The van der Waals surface area contributed by atoms with Crippen molar-refractivity contribution in [2.24, 2.45) is 0 Å². The number of nitrogens with one attached hydrogen (secondary N) is 2. The van der Waals surface area contributed by atoms with E-state index in [2.05, 4.69) is 15.5 Å². The van der Waals surface area contributed by atoms with Crippen molar-refractivity contribution in [3.8, 4) is 0 Å². The molecule has 0 aliphatic carbocycles. The third kappa shape index (κ3) is 4.77. The number of piperidine rings is 1. The molecule has 1 saturated heterocycles. The fraction of sp³-hybridized carbons (Fsp3) is 0.263. The second-order valence-corrected chi connectivity index (χ2v) is 6.83. The number of hydrogen-bond donors (Lipinski definition) is 2. The molecular formula is C19H19ClN4O4. The molecule has 0 saturated carbocycles. The molecule has 1 fully saturated rings. The van der Waals surface area contributed by atoms with Gasteiger partial charge in [-0.1, -0.05) is 11.6 Å². The van der Waals surface area contributed by atoms with Gasteiger partial charge in [-0.2, -0.15) is 0 Å². The standard InChI is InChI=1S/C19H19ClN4O4/c20-16-9-8-15(24(27)28)12-17(16)22-19(26)18(25)21-13-4-6-14(7-5-13)23-10-2-1-3-11-23/h4-9,12H,1-3,10-11H2,(H,21,25)(H,22,26). The van der Waals surface area contributed by atoms with Crippen LogP contribution in [0.4, 0.5) is 22.7 Å². The molecule has 146 valence electrons. The van der Waals surface area contributed by atoms with Crippen LogP contribution in [0.1, 0.15) is 19.3 Å². The number of rotatable bonds is 4. The van der Waals surface area contributed by atoms with Crippen LogP contribution in [0, 0.1) is 10.1 Å². The maximum Gasteiger partial charge on any atom is 0.314 e. The number of non-ortho nitro benzene ring substituents is 1. The lowest BCUT2D eigenvalue weighted by Gasteiger charge is -2.28. The van der Waals surface area contributed by atoms with E-state index in [1.807, 2.05) is 12.1 Å². The lowest BCUT2D eigenvalue weighted by Crippen LogP contribution is -2.30. The van der Waals surface area contributed by atoms with Gasteiger partial charge in [-0.05, 0) is 49.6 Å². The van der Waals surface area contributed by atoms with Crippen molar-refractivity contribution >= 4 is 46.2 Å². The molecule has 0 bridgehead atoms. The molecule has 1 heterocycles. The zero-order valence-electron chi connectivity index (χ0n) is 15.0. The number of nitrogens with zero attached hydrogens (tertiary/aromatic N) is 2. The molecule has 2 N–H and O–H groups in total. The molecule has 8 nitrogen and oxygen atoms in total. The molecule has 9 heteroatoms. The molecular weight excluding hydrogens is 384 g/mol. The van der Waals surface area contributed by atoms with Crippen molar-refractivity contribution < 1.29 is 14.5 Å². The number of carbonyl (C=O) groups excluding carboxylic acids is 2. The third-order valence-electron chi connectivity index (χ3n) is 4.46. The second-order valence-electron chi connectivity index (χ2n) is 6.42. The summed E-state index contributed by atoms with van der Waals surface area (Å²) in [4.78, 5) is 36.7. The summed E-state index contributed by atoms with van der Waals surface area (Å²) < 4.78 is 0. The molecule has 0 atom stereocenters. The summed E-state index contributed by atoms with van der Waals surface area (Å²) in [5.74, 6) is -1.86. The van der Waals surface area contributed by atoms with Crippen LogP contribution in [0.2, 0.25) is 5.02 Å². The lowest BCUT2D eigenvalue weighted by atomic mass is 10.1. The Labute approximate surface area is 166 Å². The van der Waals surface area contributed by atoms with Gasteiger partial charge in [0, 0.05) is 36.6 Å². The average Bonchev–Trinajstić information content (AvgIpc) is 2.70. The topological polar surface area (TPSA) is 105 Å². The average molecular weight is 403 g/mol. The lowest BCUT2D eigenvalue weighted by molar-refractivity contribution is -0.384. The number of benzene rings is 2. The summed E-state index contributed by atoms with van der Waals surface area (Å²) in [7, 11) is 0. The number of nitro benzene ring substituents is 1. The molecule has 0 aromatic heterocycles. The molecule has 1 aliphatic rings. The first-order valence-electron chi connectivity index (χ1n) is 8.85. The first kappa shape index (κ1) is 19.6. The number of nitro groups is 1. The minimum absolute atomic E-state index is 0.00327. The fourth-order valence-electron chi connectivity index (χ4n) is 3.00. The molecule has 3 rings (SSSR count). The SMILES string of the molecule is O=C(Nc1ccc(N2CCCCC2)cc1)C(=O)Nc1cc([N+](=O)[O-])ccc1Cl. The summed E-state index contributed by atoms with van der Waals surface area (Å²) in [6.07, 6.45) is 3.58. The zero-order valence-corrected chi connectivity index (χ0v) is 15.7. The number of amides is 2. The molecule has 28 heavy (non-hydrogen) atoms. The Morgan fingerprint density at radius 1 is 0.964 bits per heavy atom. The predicted octanol–water partition coefficient (Wildman–Crippen LogP) is 3.82. The first-order valence-corrected chi connectivity index (χ1v) is 9.23. The highest BCUT2D eigenvalue weighted by Crippen LogP contribution is 2.27. The summed E-state index contributed by atoms with van der Waals surface area (Å²) in [6.45, 7) is 2.02. The highest BCUT2D eigenvalue weighted by atomic mass is 35.5. The van der Waals surface area contributed by atoms with E-state index < -0.39 is 16.7 Å². The Hall–Kier alpha value is -3.13. The van der Waals surface area contributed by atoms with Gasteiger partial charge in [-0.25, -0.2) is 0 Å². The molecule has 0 radical (unpaired) electrons. The van der Waals surface area contributed by atoms with Crippen molar-refractivity contribution in [3.63, 3.8) is 0 Å². The summed E-state index contributed by atoms with van der Waals surface area (Å²) in [6, 6.07) is 10.9. The predicted molar refractivity (Wildman–Crippen MR) is 108 cm³/mol. The van der Waals surface area contributed by atoms with Crippen LogP contribution in [-0.2, 0) is 9.59 Å². The van der Waals surface area contributed by atoms with Gasteiger partial charge < -0.3 is 15.5 Å². The molecule has 0 spiro atoms. The van der Waals surface area contributed by atoms with Crippen LogP contribution in [0.3, 0.4) is 0 Å². The van der Waals surface area contributed by atoms with E-state index in [0.717, 1.165) is 24.8 Å². The van der Waals surface area contributed by atoms with Gasteiger partial charge in [0.1, 0.15) is 0 Å². The van der Waals surface area contributed by atoms with Gasteiger partial charge in [-0.15, -0.1) is 0 Å². The summed E-state index contributed by atoms with van der Waals surface area (Å²) >= 11 is 5.93. The third-order valence-corrected chi connectivity index (χ3v) is 4.79. The highest BCUT2D eigenvalue weighted by molar-refractivity contribution is 6.44. The van der Waals surface area contributed by atoms with Gasteiger partial charge in [0.2, 0.25) is 0 Å². The Balaban J connectivity index is 1.62. The zero-order chi connectivity index (χ0) is 20.1. The van der Waals surface area contributed by atoms with Crippen LogP contribution >= 0.6 is 11.6 Å². The van der Waals surface area contributed by atoms with Gasteiger partial charge in [0.05, 0.1) is 15.6 Å². The molecule has 2 aromatic rings. The number of halogens is 1. The molecule has 0 unspecified atom stereocenters. The van der Waals surface area contributed by atoms with Crippen molar-refractivity contribution in [2.45, 2.75) is 19.3 Å². The normalized spacial score (nSPS) is 13.7. The van der Waals surface area contributed by atoms with Crippen LogP contribution in [0.15, 0.2) is 42.5 Å². The Bertz CT molecular complexity index is 895. The fourth-order valence-corrected chi connectivity index (χ4v) is 3.16. The second kappa shape index (κ2) is 8.71. The highest BCUT2D eigenvalue weighted by Gasteiger charge is 2.18. The van der Waals surface area contributed by atoms with E-state index in [4.69, 9.17) is 11.6 Å². The number of hydrogen-bond acceptors (Lipinski definition) is 5. The van der Waals surface area contributed by atoms with Gasteiger partial charge in [0.15, 0.2) is 0 Å². The quantitative estimate of drug-likeness (QED) is 0.459. The summed E-state index contributed by atoms with van der Waals surface area (Å²) in [5, 5.41) is 15.7. The minimum atomic E-state index is -0.970. The van der Waals surface area contributed by atoms with Crippen molar-refractivity contribution in [3.05, 3.63) is 57.6 Å². The van der Waals surface area contributed by atoms with E-state index in [0.29, 0.717) is 5.69 Å². The maximum absolute atomic E-state index is 12.1. The van der Waals surface area contributed by atoms with Crippen LogP contribution in [-0.4, -0.2) is 29.8 Å². The largest absolute Gasteiger partial charge is 0.372 e. The van der Waals surface area contributed by atoms with Crippen molar-refractivity contribution in [1.29, 1.82) is 0 Å². The maximum atomic E-state index is 12.1. The monoisotopic (exact) mass is 402 g/mol. The number of carbonyl (C=O) groups is 2. The van der Waals surface area contributed by atoms with Gasteiger partial charge in [0.25, 0.3) is 5.69 Å². The summed E-state index contributed by atoms with van der Waals surface area (Å²) in [5.41, 5.74) is 1.31. The van der Waals surface area contributed by atoms with Crippen LogP contribution < -0.4 is 15.5 Å². The van der Waals surface area contributed by atoms with Crippen LogP contribution in [0.5, 0.6) is 0 Å². The molecule has 2 amide bonds. The van der Waals surface area contributed by atoms with Crippen molar-refractivity contribution in [1.82, 2.24) is 0 Å². The van der Waals surface area contributed by atoms with E-state index >= 15 is 0 Å².